The van der Waals surface area contributed by atoms with Crippen molar-refractivity contribution in [3.05, 3.63) is 0 Å². The van der Waals surface area contributed by atoms with Gasteiger partial charge >= 0.3 is 0 Å². The third-order valence-corrected chi connectivity index (χ3v) is 2.67. The second-order valence-corrected chi connectivity index (χ2v) is 3.99. The Bertz CT molecular complexity index is 190. The average molecular weight is 215 g/mol. The average Bonchev–Trinajstić information content (AvgIpc) is 2.15. The highest BCUT2D eigenvalue weighted by Gasteiger charge is 2.30. The maximum absolute atomic E-state index is 11.4. The number of hydrogen-bond acceptors (Lipinski definition) is 3. The summed E-state index contributed by atoms with van der Waals surface area (Å²) in [6.07, 6.45) is 4.23. The van der Waals surface area contributed by atoms with E-state index in [-0.39, 0.29) is 12.5 Å². The van der Waals surface area contributed by atoms with Crippen LogP contribution in [0.3, 0.4) is 0 Å². The maximum atomic E-state index is 11.4. The summed E-state index contributed by atoms with van der Waals surface area (Å²) in [5.74, 6) is 0.100. The molecule has 0 aromatic carbocycles. The molecule has 1 aliphatic rings. The zero-order valence-electron chi connectivity index (χ0n) is 9.37. The summed E-state index contributed by atoms with van der Waals surface area (Å²) in [6.45, 7) is 2.91. The van der Waals surface area contributed by atoms with Gasteiger partial charge in [-0.2, -0.15) is 0 Å². The van der Waals surface area contributed by atoms with Crippen LogP contribution in [0.2, 0.25) is 0 Å². The van der Waals surface area contributed by atoms with Crippen LogP contribution in [0.5, 0.6) is 0 Å². The molecule has 1 amide bonds. The first kappa shape index (κ1) is 12.5. The Hall–Kier alpha value is -0.610. The number of nitrogens with one attached hydrogen (secondary N) is 1. The summed E-state index contributed by atoms with van der Waals surface area (Å²) in [6, 6.07) is 0.308. The zero-order chi connectivity index (χ0) is 11.1. The summed E-state index contributed by atoms with van der Waals surface area (Å²) < 4.78 is 5.40. The van der Waals surface area contributed by atoms with Crippen molar-refractivity contribution in [1.29, 1.82) is 0 Å². The first-order valence-electron chi connectivity index (χ1n) is 5.78. The number of carbonyl (C=O) groups excluding carboxylic acids is 1. The van der Waals surface area contributed by atoms with Gasteiger partial charge in [-0.25, -0.2) is 0 Å². The van der Waals surface area contributed by atoms with Crippen LogP contribution in [-0.4, -0.2) is 36.4 Å². The van der Waals surface area contributed by atoms with Gasteiger partial charge in [0.25, 0.3) is 0 Å². The molecule has 0 spiro atoms. The van der Waals surface area contributed by atoms with Crippen molar-refractivity contribution in [2.75, 3.05) is 13.2 Å². The van der Waals surface area contributed by atoms with E-state index >= 15 is 0 Å². The molecule has 0 aliphatic heterocycles. The minimum Gasteiger partial charge on any atom is -0.396 e. The van der Waals surface area contributed by atoms with E-state index in [1.807, 2.05) is 6.92 Å². The monoisotopic (exact) mass is 215 g/mol. The molecule has 0 heterocycles. The van der Waals surface area contributed by atoms with Crippen LogP contribution in [0.4, 0.5) is 0 Å². The SMILES string of the molecule is CCOC1CC(NC(=O)CCCCO)C1. The molecular weight excluding hydrogens is 194 g/mol. The van der Waals surface area contributed by atoms with Crippen LogP contribution in [0.1, 0.15) is 39.0 Å². The van der Waals surface area contributed by atoms with Crippen molar-refractivity contribution in [1.82, 2.24) is 5.32 Å². The Morgan fingerprint density at radius 2 is 2.20 bits per heavy atom. The predicted molar refractivity (Wildman–Crippen MR) is 57.5 cm³/mol. The molecule has 1 aliphatic carbocycles. The first-order valence-corrected chi connectivity index (χ1v) is 5.78. The van der Waals surface area contributed by atoms with Crippen LogP contribution in [0, 0.1) is 0 Å². The van der Waals surface area contributed by atoms with Gasteiger partial charge < -0.3 is 15.2 Å². The fraction of sp³-hybridized carbons (Fsp3) is 0.909. The lowest BCUT2D eigenvalue weighted by Crippen LogP contribution is -2.47. The van der Waals surface area contributed by atoms with E-state index in [1.165, 1.54) is 0 Å². The van der Waals surface area contributed by atoms with Gasteiger partial charge in [-0.1, -0.05) is 0 Å². The van der Waals surface area contributed by atoms with Crippen molar-refractivity contribution in [3.8, 4) is 0 Å². The summed E-state index contributed by atoms with van der Waals surface area (Å²) in [7, 11) is 0. The summed E-state index contributed by atoms with van der Waals surface area (Å²) in [5, 5.41) is 11.5. The quantitative estimate of drug-likeness (QED) is 0.618. The van der Waals surface area contributed by atoms with E-state index < -0.39 is 0 Å². The molecule has 0 aromatic heterocycles. The van der Waals surface area contributed by atoms with Gasteiger partial charge in [0, 0.05) is 25.7 Å². The van der Waals surface area contributed by atoms with Gasteiger partial charge in [-0.05, 0) is 32.6 Å². The highest BCUT2D eigenvalue weighted by atomic mass is 16.5. The lowest BCUT2D eigenvalue weighted by molar-refractivity contribution is -0.123. The van der Waals surface area contributed by atoms with Crippen molar-refractivity contribution < 1.29 is 14.6 Å². The third kappa shape index (κ3) is 4.62. The summed E-state index contributed by atoms with van der Waals surface area (Å²) >= 11 is 0. The third-order valence-electron chi connectivity index (χ3n) is 2.67. The fourth-order valence-electron chi connectivity index (χ4n) is 1.75. The molecule has 4 heteroatoms. The molecule has 0 saturated heterocycles. The van der Waals surface area contributed by atoms with E-state index in [0.29, 0.717) is 25.0 Å². The predicted octanol–water partition coefficient (Wildman–Crippen LogP) is 0.833. The molecule has 4 nitrogen and oxygen atoms in total. The molecule has 1 fully saturated rings. The molecule has 0 bridgehead atoms. The van der Waals surface area contributed by atoms with Crippen molar-refractivity contribution in [3.63, 3.8) is 0 Å². The Balaban J connectivity index is 1.98. The topological polar surface area (TPSA) is 58.6 Å². The first-order chi connectivity index (χ1) is 7.26. The van der Waals surface area contributed by atoms with E-state index in [0.717, 1.165) is 25.9 Å². The van der Waals surface area contributed by atoms with E-state index in [1.54, 1.807) is 0 Å². The van der Waals surface area contributed by atoms with Crippen molar-refractivity contribution >= 4 is 5.91 Å². The van der Waals surface area contributed by atoms with Crippen LogP contribution in [-0.2, 0) is 9.53 Å². The van der Waals surface area contributed by atoms with Gasteiger partial charge in [-0.15, -0.1) is 0 Å². The maximum Gasteiger partial charge on any atom is 0.220 e. The van der Waals surface area contributed by atoms with Crippen molar-refractivity contribution in [2.45, 2.75) is 51.2 Å². The Labute approximate surface area is 91.0 Å². The normalized spacial score (nSPS) is 24.7. The lowest BCUT2D eigenvalue weighted by Gasteiger charge is -2.35. The fourth-order valence-corrected chi connectivity index (χ4v) is 1.75. The molecule has 0 aromatic rings. The molecule has 88 valence electrons. The van der Waals surface area contributed by atoms with Gasteiger partial charge in [0.15, 0.2) is 0 Å². The number of amides is 1. The highest BCUT2D eigenvalue weighted by molar-refractivity contribution is 5.76. The van der Waals surface area contributed by atoms with Crippen LogP contribution in [0.25, 0.3) is 0 Å². The molecule has 0 radical (unpaired) electrons. The van der Waals surface area contributed by atoms with Gasteiger partial charge in [-0.3, -0.25) is 4.79 Å². The second-order valence-electron chi connectivity index (χ2n) is 3.99. The summed E-state index contributed by atoms with van der Waals surface area (Å²) in [5.41, 5.74) is 0. The van der Waals surface area contributed by atoms with E-state index in [9.17, 15) is 4.79 Å². The molecule has 2 N–H and O–H groups in total. The number of carbonyl (C=O) groups is 1. The molecule has 1 rings (SSSR count). The Morgan fingerprint density at radius 1 is 1.47 bits per heavy atom. The zero-order valence-corrected chi connectivity index (χ0v) is 9.37. The minimum absolute atomic E-state index is 0.100. The van der Waals surface area contributed by atoms with Crippen LogP contribution < -0.4 is 5.32 Å². The van der Waals surface area contributed by atoms with Crippen LogP contribution >= 0.6 is 0 Å². The van der Waals surface area contributed by atoms with E-state index in [2.05, 4.69) is 5.32 Å². The number of ether oxygens (including phenoxy) is 1. The summed E-state index contributed by atoms with van der Waals surface area (Å²) in [4.78, 5) is 11.4. The minimum atomic E-state index is 0.100. The number of unbranched alkanes of at least 4 members (excludes halogenated alkanes) is 1. The van der Waals surface area contributed by atoms with E-state index in [4.69, 9.17) is 9.84 Å². The largest absolute Gasteiger partial charge is 0.396 e. The Morgan fingerprint density at radius 3 is 2.80 bits per heavy atom. The molecular formula is C11H21NO3. The van der Waals surface area contributed by atoms with Gasteiger partial charge in [0.2, 0.25) is 5.91 Å². The van der Waals surface area contributed by atoms with Crippen LogP contribution in [0.15, 0.2) is 0 Å². The number of aliphatic hydroxyl groups is 1. The smallest absolute Gasteiger partial charge is 0.220 e. The van der Waals surface area contributed by atoms with Crippen molar-refractivity contribution in [2.24, 2.45) is 0 Å². The van der Waals surface area contributed by atoms with Gasteiger partial charge in [0.1, 0.15) is 0 Å². The molecule has 1 saturated carbocycles. The number of rotatable bonds is 7. The molecule has 15 heavy (non-hydrogen) atoms. The molecule has 0 atom stereocenters. The lowest BCUT2D eigenvalue weighted by atomic mass is 9.89. The standard InChI is InChI=1S/C11H21NO3/c1-2-15-10-7-9(8-10)12-11(14)5-3-4-6-13/h9-10,13H,2-8H2,1H3,(H,12,14). The highest BCUT2D eigenvalue weighted by Crippen LogP contribution is 2.23. The molecule has 0 unspecified atom stereocenters. The van der Waals surface area contributed by atoms with Gasteiger partial charge in [0.05, 0.1) is 6.10 Å². The second kappa shape index (κ2) is 6.80. The number of aliphatic hydroxyl groups excluding tert-OH is 1. The number of hydrogen-bond donors (Lipinski definition) is 2. The Kier molecular flexibility index (Phi) is 5.65.